The highest BCUT2D eigenvalue weighted by Crippen LogP contribution is 2.21. The summed E-state index contributed by atoms with van der Waals surface area (Å²) in [6, 6.07) is 6.08. The first-order valence-electron chi connectivity index (χ1n) is 5.53. The molecular weight excluding hydrogens is 357 g/mol. The van der Waals surface area contributed by atoms with Gasteiger partial charge in [-0.05, 0) is 47.2 Å². The van der Waals surface area contributed by atoms with Crippen LogP contribution in [0.3, 0.4) is 0 Å². The first-order chi connectivity index (χ1) is 9.10. The van der Waals surface area contributed by atoms with E-state index in [-0.39, 0.29) is 5.69 Å². The van der Waals surface area contributed by atoms with Gasteiger partial charge in [-0.3, -0.25) is 0 Å². The molecule has 1 N–H and O–H groups in total. The highest BCUT2D eigenvalue weighted by atomic mass is 127. The van der Waals surface area contributed by atoms with Gasteiger partial charge in [0.2, 0.25) is 0 Å². The van der Waals surface area contributed by atoms with Crippen LogP contribution in [0.4, 0.5) is 11.5 Å². The number of esters is 1. The molecular formula is C13H12IN3O2. The number of nitrogens with one attached hydrogen (secondary N) is 1. The zero-order valence-corrected chi connectivity index (χ0v) is 12.6. The minimum absolute atomic E-state index is 0.187. The number of aromatic nitrogens is 2. The van der Waals surface area contributed by atoms with Crippen LogP contribution in [0.25, 0.3) is 0 Å². The Morgan fingerprint density at radius 2 is 2.11 bits per heavy atom. The second kappa shape index (κ2) is 5.96. The van der Waals surface area contributed by atoms with Crippen LogP contribution in [0.15, 0.2) is 30.6 Å². The van der Waals surface area contributed by atoms with Gasteiger partial charge in [0.15, 0.2) is 5.69 Å². The summed E-state index contributed by atoms with van der Waals surface area (Å²) in [6.07, 6.45) is 2.89. The standard InChI is InChI=1S/C13H12IN3O2/c1-8-3-4-9(14)5-10(8)17-12-7-15-11(6-16-12)13(18)19-2/h3-7H,1-2H3,(H,16,17). The van der Waals surface area contributed by atoms with Crippen molar-refractivity contribution in [3.63, 3.8) is 0 Å². The van der Waals surface area contributed by atoms with Gasteiger partial charge in [0.05, 0.1) is 19.5 Å². The molecule has 0 radical (unpaired) electrons. The molecule has 0 fully saturated rings. The van der Waals surface area contributed by atoms with Gasteiger partial charge in [-0.15, -0.1) is 0 Å². The van der Waals surface area contributed by atoms with Crippen molar-refractivity contribution in [2.24, 2.45) is 0 Å². The van der Waals surface area contributed by atoms with Gasteiger partial charge in [0.25, 0.3) is 0 Å². The van der Waals surface area contributed by atoms with Crippen LogP contribution in [0.2, 0.25) is 0 Å². The fraction of sp³-hybridized carbons (Fsp3) is 0.154. The average molecular weight is 369 g/mol. The van der Waals surface area contributed by atoms with E-state index < -0.39 is 5.97 Å². The SMILES string of the molecule is COC(=O)c1cnc(Nc2cc(I)ccc2C)cn1. The van der Waals surface area contributed by atoms with Crippen molar-refractivity contribution in [1.82, 2.24) is 9.97 Å². The Kier molecular flexibility index (Phi) is 4.31. The number of hydrogen-bond donors (Lipinski definition) is 1. The Balaban J connectivity index is 2.19. The number of rotatable bonds is 3. The molecule has 6 heteroatoms. The fourth-order valence-corrected chi connectivity index (χ4v) is 1.96. The molecule has 0 bridgehead atoms. The van der Waals surface area contributed by atoms with Crippen LogP contribution in [0.1, 0.15) is 16.1 Å². The zero-order valence-electron chi connectivity index (χ0n) is 10.5. The minimum Gasteiger partial charge on any atom is -0.464 e. The van der Waals surface area contributed by atoms with Gasteiger partial charge in [-0.1, -0.05) is 6.07 Å². The molecule has 19 heavy (non-hydrogen) atoms. The zero-order chi connectivity index (χ0) is 13.8. The maximum Gasteiger partial charge on any atom is 0.358 e. The molecule has 0 amide bonds. The summed E-state index contributed by atoms with van der Waals surface area (Å²) in [5.41, 5.74) is 2.26. The lowest BCUT2D eigenvalue weighted by atomic mass is 10.2. The summed E-state index contributed by atoms with van der Waals surface area (Å²) in [5.74, 6) is 0.0854. The molecule has 0 aliphatic heterocycles. The molecule has 2 rings (SSSR count). The van der Waals surface area contributed by atoms with Crippen LogP contribution < -0.4 is 5.32 Å². The van der Waals surface area contributed by atoms with Gasteiger partial charge >= 0.3 is 5.97 Å². The summed E-state index contributed by atoms with van der Waals surface area (Å²) in [7, 11) is 1.31. The number of nitrogens with zero attached hydrogens (tertiary/aromatic N) is 2. The third-order valence-corrected chi connectivity index (χ3v) is 3.18. The molecule has 0 atom stereocenters. The Morgan fingerprint density at radius 3 is 2.74 bits per heavy atom. The lowest BCUT2D eigenvalue weighted by Gasteiger charge is -2.09. The van der Waals surface area contributed by atoms with E-state index in [9.17, 15) is 4.79 Å². The smallest absolute Gasteiger partial charge is 0.358 e. The van der Waals surface area contributed by atoms with E-state index in [0.29, 0.717) is 5.82 Å². The van der Waals surface area contributed by atoms with Gasteiger partial charge < -0.3 is 10.1 Å². The Labute approximate surface area is 124 Å². The normalized spacial score (nSPS) is 10.1. The number of carbonyl (C=O) groups is 1. The van der Waals surface area contributed by atoms with Crippen LogP contribution in [-0.2, 0) is 4.74 Å². The van der Waals surface area contributed by atoms with E-state index in [1.54, 1.807) is 0 Å². The topological polar surface area (TPSA) is 64.1 Å². The van der Waals surface area contributed by atoms with Crippen LogP contribution in [0.5, 0.6) is 0 Å². The molecule has 0 spiro atoms. The van der Waals surface area contributed by atoms with Crippen LogP contribution in [0, 0.1) is 10.5 Å². The maximum absolute atomic E-state index is 11.2. The first kappa shape index (κ1) is 13.7. The minimum atomic E-state index is -0.496. The van der Waals surface area contributed by atoms with E-state index in [2.05, 4.69) is 42.6 Å². The first-order valence-corrected chi connectivity index (χ1v) is 6.61. The molecule has 1 aromatic carbocycles. The van der Waals surface area contributed by atoms with Crippen molar-refractivity contribution >= 4 is 40.1 Å². The summed E-state index contributed by atoms with van der Waals surface area (Å²) in [4.78, 5) is 19.4. The van der Waals surface area contributed by atoms with Crippen molar-refractivity contribution in [2.75, 3.05) is 12.4 Å². The number of methoxy groups -OCH3 is 1. The monoisotopic (exact) mass is 369 g/mol. The molecule has 0 saturated carbocycles. The Morgan fingerprint density at radius 1 is 1.32 bits per heavy atom. The van der Waals surface area contributed by atoms with E-state index >= 15 is 0 Å². The molecule has 0 unspecified atom stereocenters. The Bertz CT molecular complexity index is 599. The highest BCUT2D eigenvalue weighted by molar-refractivity contribution is 14.1. The molecule has 0 saturated heterocycles. The molecule has 1 aromatic heterocycles. The second-order valence-corrected chi connectivity index (χ2v) is 5.11. The third kappa shape index (κ3) is 3.40. The number of aryl methyl sites for hydroxylation is 1. The summed E-state index contributed by atoms with van der Waals surface area (Å²) in [6.45, 7) is 2.01. The van der Waals surface area contributed by atoms with Crippen molar-refractivity contribution in [2.45, 2.75) is 6.92 Å². The van der Waals surface area contributed by atoms with Crippen molar-refractivity contribution in [1.29, 1.82) is 0 Å². The number of hydrogen-bond acceptors (Lipinski definition) is 5. The van der Waals surface area contributed by atoms with Gasteiger partial charge in [-0.2, -0.15) is 0 Å². The second-order valence-electron chi connectivity index (χ2n) is 3.86. The van der Waals surface area contributed by atoms with Crippen molar-refractivity contribution in [3.8, 4) is 0 Å². The lowest BCUT2D eigenvalue weighted by Crippen LogP contribution is -2.06. The predicted molar refractivity (Wildman–Crippen MR) is 80.6 cm³/mol. The predicted octanol–water partition coefficient (Wildman–Crippen LogP) is 2.92. The van der Waals surface area contributed by atoms with E-state index in [0.717, 1.165) is 14.8 Å². The number of carbonyl (C=O) groups excluding carboxylic acids is 1. The summed E-state index contributed by atoms with van der Waals surface area (Å²) in [5, 5.41) is 3.17. The molecule has 5 nitrogen and oxygen atoms in total. The number of halogens is 1. The van der Waals surface area contributed by atoms with Crippen molar-refractivity contribution in [3.05, 3.63) is 45.4 Å². The molecule has 98 valence electrons. The summed E-state index contributed by atoms with van der Waals surface area (Å²) >= 11 is 2.25. The van der Waals surface area contributed by atoms with Gasteiger partial charge in [0.1, 0.15) is 5.82 Å². The van der Waals surface area contributed by atoms with Crippen LogP contribution >= 0.6 is 22.6 Å². The molecule has 0 aliphatic carbocycles. The fourth-order valence-electron chi connectivity index (χ4n) is 1.47. The summed E-state index contributed by atoms with van der Waals surface area (Å²) < 4.78 is 5.70. The molecule has 0 aliphatic rings. The van der Waals surface area contributed by atoms with E-state index in [1.807, 2.05) is 25.1 Å². The molecule has 1 heterocycles. The average Bonchev–Trinajstić information content (AvgIpc) is 2.43. The largest absolute Gasteiger partial charge is 0.464 e. The third-order valence-electron chi connectivity index (χ3n) is 2.51. The van der Waals surface area contributed by atoms with E-state index in [4.69, 9.17) is 0 Å². The van der Waals surface area contributed by atoms with E-state index in [1.165, 1.54) is 19.5 Å². The maximum atomic E-state index is 11.2. The Hall–Kier alpha value is -1.70. The van der Waals surface area contributed by atoms with Gasteiger partial charge in [0, 0.05) is 9.26 Å². The molecule has 2 aromatic rings. The van der Waals surface area contributed by atoms with Crippen LogP contribution in [-0.4, -0.2) is 23.0 Å². The number of benzene rings is 1. The van der Waals surface area contributed by atoms with Crippen molar-refractivity contribution < 1.29 is 9.53 Å². The number of anilines is 2. The quantitative estimate of drug-likeness (QED) is 0.666. The highest BCUT2D eigenvalue weighted by Gasteiger charge is 2.08. The lowest BCUT2D eigenvalue weighted by molar-refractivity contribution is 0.0593. The number of ether oxygens (including phenoxy) is 1. The van der Waals surface area contributed by atoms with Gasteiger partial charge in [-0.25, -0.2) is 14.8 Å².